The Labute approximate surface area is 213 Å². The van der Waals surface area contributed by atoms with Gasteiger partial charge in [-0.3, -0.25) is 0 Å². The van der Waals surface area contributed by atoms with Gasteiger partial charge in [-0.05, 0) is 94.9 Å². The summed E-state index contributed by atoms with van der Waals surface area (Å²) in [6.07, 6.45) is 11.6. The van der Waals surface area contributed by atoms with Crippen molar-refractivity contribution >= 4 is 0 Å². The number of hydrogen-bond donors (Lipinski definition) is 0. The van der Waals surface area contributed by atoms with Crippen LogP contribution in [0, 0.1) is 5.41 Å². The Morgan fingerprint density at radius 1 is 1.03 bits per heavy atom. The first-order valence-corrected chi connectivity index (χ1v) is 13.9. The van der Waals surface area contributed by atoms with Crippen LogP contribution < -0.4 is 0 Å². The van der Waals surface area contributed by atoms with E-state index in [-0.39, 0.29) is 0 Å². The van der Waals surface area contributed by atoms with Gasteiger partial charge in [-0.1, -0.05) is 89.7 Å². The third-order valence-electron chi connectivity index (χ3n) is 9.06. The number of fused-ring (bicyclic) bond motifs is 6. The highest BCUT2D eigenvalue weighted by molar-refractivity contribution is 5.52. The van der Waals surface area contributed by atoms with Gasteiger partial charge in [0.25, 0.3) is 0 Å². The Kier molecular flexibility index (Phi) is 6.55. The van der Waals surface area contributed by atoms with Crippen LogP contribution >= 0.6 is 0 Å². The maximum absolute atomic E-state index is 4.55. The molecule has 0 N–H and O–H groups in total. The monoisotopic (exact) mass is 465 g/mol. The molecule has 35 heavy (non-hydrogen) atoms. The van der Waals surface area contributed by atoms with Crippen molar-refractivity contribution in [2.75, 3.05) is 0 Å². The van der Waals surface area contributed by atoms with Gasteiger partial charge in [-0.25, -0.2) is 0 Å². The molecule has 1 saturated carbocycles. The van der Waals surface area contributed by atoms with Gasteiger partial charge < -0.3 is 4.90 Å². The van der Waals surface area contributed by atoms with Crippen LogP contribution in [0.3, 0.4) is 0 Å². The van der Waals surface area contributed by atoms with E-state index in [2.05, 4.69) is 94.4 Å². The number of nitrogens with zero attached hydrogens (tertiary/aromatic N) is 1. The van der Waals surface area contributed by atoms with E-state index < -0.39 is 0 Å². The minimum atomic E-state index is 0.306. The van der Waals surface area contributed by atoms with Crippen molar-refractivity contribution in [3.05, 3.63) is 106 Å². The summed E-state index contributed by atoms with van der Waals surface area (Å²) in [6, 6.07) is 17.1. The van der Waals surface area contributed by atoms with Crippen molar-refractivity contribution in [1.29, 1.82) is 0 Å². The van der Waals surface area contributed by atoms with Gasteiger partial charge in [0.05, 0.1) is 6.04 Å². The van der Waals surface area contributed by atoms with Gasteiger partial charge >= 0.3 is 0 Å². The van der Waals surface area contributed by atoms with E-state index in [1.165, 1.54) is 40.7 Å². The molecule has 1 aliphatic carbocycles. The van der Waals surface area contributed by atoms with Crippen LogP contribution in [-0.4, -0.2) is 10.9 Å². The van der Waals surface area contributed by atoms with Gasteiger partial charge in [0.15, 0.2) is 0 Å². The topological polar surface area (TPSA) is 3.24 Å². The lowest BCUT2D eigenvalue weighted by molar-refractivity contribution is 0.0894. The van der Waals surface area contributed by atoms with Crippen molar-refractivity contribution < 1.29 is 0 Å². The zero-order chi connectivity index (χ0) is 24.7. The van der Waals surface area contributed by atoms with Crippen LogP contribution in [0.15, 0.2) is 78.5 Å². The molecule has 3 atom stereocenters. The molecule has 0 radical (unpaired) electrons. The summed E-state index contributed by atoms with van der Waals surface area (Å²) in [6.45, 7) is 18.6. The van der Waals surface area contributed by atoms with Gasteiger partial charge in [-0.15, -0.1) is 0 Å². The second-order valence-electron chi connectivity index (χ2n) is 11.8. The average molecular weight is 466 g/mol. The molecule has 2 aromatic rings. The average Bonchev–Trinajstić information content (AvgIpc) is 3.18. The predicted molar refractivity (Wildman–Crippen MR) is 150 cm³/mol. The molecule has 5 rings (SSSR count). The molecule has 1 fully saturated rings. The van der Waals surface area contributed by atoms with E-state index in [9.17, 15) is 0 Å². The Morgan fingerprint density at radius 2 is 1.77 bits per heavy atom. The fourth-order valence-electron chi connectivity index (χ4n) is 7.24. The first-order valence-electron chi connectivity index (χ1n) is 13.9. The lowest BCUT2D eigenvalue weighted by Crippen LogP contribution is -2.48. The van der Waals surface area contributed by atoms with Crippen LogP contribution in [0.2, 0.25) is 0 Å². The van der Waals surface area contributed by atoms with Gasteiger partial charge in [0, 0.05) is 18.2 Å². The first-order chi connectivity index (χ1) is 16.8. The molecule has 184 valence electrons. The molecule has 0 amide bonds. The Balaban J connectivity index is 1.57. The van der Waals surface area contributed by atoms with Crippen LogP contribution in [-0.2, 0) is 19.3 Å². The maximum atomic E-state index is 4.55. The molecule has 3 aliphatic rings. The van der Waals surface area contributed by atoms with Crippen molar-refractivity contribution in [2.45, 2.75) is 97.1 Å². The fourth-order valence-corrected chi connectivity index (χ4v) is 7.24. The van der Waals surface area contributed by atoms with E-state index in [1.54, 1.807) is 16.7 Å². The highest BCUT2D eigenvalue weighted by Gasteiger charge is 2.52. The lowest BCUT2D eigenvalue weighted by atomic mass is 9.71. The summed E-state index contributed by atoms with van der Waals surface area (Å²) in [4.78, 5) is 2.76. The summed E-state index contributed by atoms with van der Waals surface area (Å²) < 4.78 is 0. The van der Waals surface area contributed by atoms with Gasteiger partial charge in [0.1, 0.15) is 0 Å². The number of benzene rings is 2. The van der Waals surface area contributed by atoms with E-state index >= 15 is 0 Å². The molecular formula is C34H43N. The molecule has 2 heterocycles. The summed E-state index contributed by atoms with van der Waals surface area (Å²) in [5, 5.41) is 0. The number of aryl methyl sites for hydroxylation is 3. The number of hydrogen-bond acceptors (Lipinski definition) is 1. The molecule has 0 aromatic heterocycles. The molecule has 0 bridgehead atoms. The zero-order valence-electron chi connectivity index (χ0n) is 22.4. The Bertz CT molecular complexity index is 1150. The predicted octanol–water partition coefficient (Wildman–Crippen LogP) is 8.86. The highest BCUT2D eigenvalue weighted by Crippen LogP contribution is 2.58. The van der Waals surface area contributed by atoms with E-state index in [0.29, 0.717) is 23.4 Å². The lowest BCUT2D eigenvalue weighted by Gasteiger charge is -2.52. The van der Waals surface area contributed by atoms with Crippen LogP contribution in [0.25, 0.3) is 0 Å². The molecule has 1 heteroatoms. The molecule has 1 nitrogen and oxygen atoms in total. The normalized spacial score (nSPS) is 24.5. The fraction of sp³-hybridized carbons (Fsp3) is 0.471. The van der Waals surface area contributed by atoms with Crippen LogP contribution in [0.4, 0.5) is 0 Å². The minimum Gasteiger partial charge on any atom is -0.365 e. The van der Waals surface area contributed by atoms with E-state index in [4.69, 9.17) is 0 Å². The summed E-state index contributed by atoms with van der Waals surface area (Å²) >= 11 is 0. The summed E-state index contributed by atoms with van der Waals surface area (Å²) in [5.74, 6) is 0.612. The maximum Gasteiger partial charge on any atom is 0.0584 e. The molecule has 3 unspecified atom stereocenters. The van der Waals surface area contributed by atoms with Crippen molar-refractivity contribution in [1.82, 2.24) is 4.90 Å². The number of rotatable bonds is 7. The van der Waals surface area contributed by atoms with Crippen LogP contribution in [0.1, 0.15) is 99.6 Å². The SMILES string of the molecule is C=C(CCC)C1=CN2C(CC1=C)c1cc(CC)c(CCc3ccccc3)cc1C1CCC(C)(C)C12. The largest absolute Gasteiger partial charge is 0.365 e. The standard InChI is InChI=1S/C34H43N/c1-7-12-23(3)31-22-35-32(19-24(31)4)30-20-26(8-2)27(16-15-25-13-10-9-11-14-25)21-29(30)28-17-18-34(5,6)33(28)35/h9-11,13-14,20-22,28,32-33H,3-4,7-8,12,15-19H2,1-2,5-6H3. The summed E-state index contributed by atoms with van der Waals surface area (Å²) in [5.41, 5.74) is 11.9. The molecule has 2 aliphatic heterocycles. The van der Waals surface area contributed by atoms with Crippen molar-refractivity contribution in [3.8, 4) is 0 Å². The third-order valence-corrected chi connectivity index (χ3v) is 9.06. The van der Waals surface area contributed by atoms with E-state index in [1.807, 2.05) is 0 Å². The van der Waals surface area contributed by atoms with E-state index in [0.717, 1.165) is 38.5 Å². The molecular weight excluding hydrogens is 422 g/mol. The first kappa shape index (κ1) is 24.2. The molecule has 0 saturated heterocycles. The third kappa shape index (κ3) is 4.32. The minimum absolute atomic E-state index is 0.306. The zero-order valence-corrected chi connectivity index (χ0v) is 22.4. The summed E-state index contributed by atoms with van der Waals surface area (Å²) in [7, 11) is 0. The second-order valence-corrected chi connectivity index (χ2v) is 11.8. The molecule has 2 aromatic carbocycles. The second kappa shape index (κ2) is 9.49. The quantitative estimate of drug-likeness (QED) is 0.395. The Hall–Kier alpha value is -2.54. The smallest absolute Gasteiger partial charge is 0.0584 e. The van der Waals surface area contributed by atoms with Crippen molar-refractivity contribution in [2.24, 2.45) is 5.41 Å². The van der Waals surface area contributed by atoms with Crippen LogP contribution in [0.5, 0.6) is 0 Å². The Morgan fingerprint density at radius 3 is 2.49 bits per heavy atom. The number of allylic oxidation sites excluding steroid dienone is 2. The van der Waals surface area contributed by atoms with Gasteiger partial charge in [-0.2, -0.15) is 0 Å². The highest BCUT2D eigenvalue weighted by atomic mass is 15.2. The molecule has 0 spiro atoms. The van der Waals surface area contributed by atoms with Crippen molar-refractivity contribution in [3.63, 3.8) is 0 Å². The van der Waals surface area contributed by atoms with Gasteiger partial charge in [0.2, 0.25) is 0 Å².